The molecule has 92 valence electrons. The highest BCUT2D eigenvalue weighted by atomic mass is 16.9. The molecule has 0 saturated heterocycles. The van der Waals surface area contributed by atoms with Crippen molar-refractivity contribution in [3.05, 3.63) is 0 Å². The first-order valence-corrected chi connectivity index (χ1v) is 4.79. The minimum atomic E-state index is -0.0488. The molecule has 15 heavy (non-hydrogen) atoms. The third kappa shape index (κ3) is 19.8. The summed E-state index contributed by atoms with van der Waals surface area (Å²) in [7, 11) is 1.55. The summed E-state index contributed by atoms with van der Waals surface area (Å²) in [6.07, 6.45) is 0.667. The van der Waals surface area contributed by atoms with Crippen LogP contribution in [0.2, 0.25) is 0 Å². The molecule has 0 aliphatic rings. The Balaban J connectivity index is 0. The van der Waals surface area contributed by atoms with Gasteiger partial charge in [0.05, 0.1) is 26.4 Å². The predicted molar refractivity (Wildman–Crippen MR) is 54.8 cm³/mol. The van der Waals surface area contributed by atoms with Crippen molar-refractivity contribution in [2.45, 2.75) is 20.3 Å². The lowest BCUT2D eigenvalue weighted by atomic mass is 10.4. The van der Waals surface area contributed by atoms with Crippen LogP contribution in [0.5, 0.6) is 0 Å². The molecule has 0 atom stereocenters. The molecule has 0 aliphatic heterocycles. The summed E-state index contributed by atoms with van der Waals surface area (Å²) in [5.41, 5.74) is 0. The molecule has 0 aromatic carbocycles. The maximum atomic E-state index is 9.81. The molecule has 2 N–H and O–H groups in total. The van der Waals surface area contributed by atoms with E-state index in [0.29, 0.717) is 6.42 Å². The van der Waals surface area contributed by atoms with Gasteiger partial charge in [0.15, 0.2) is 0 Å². The van der Waals surface area contributed by atoms with Crippen LogP contribution in [0.3, 0.4) is 0 Å². The van der Waals surface area contributed by atoms with Crippen LogP contribution in [0, 0.1) is 0 Å². The molecule has 0 fully saturated rings. The quantitative estimate of drug-likeness (QED) is 0.579. The monoisotopic (exact) mass is 223 g/mol. The molecular weight excluding hydrogens is 202 g/mol. The number of hydrogen-bond donors (Lipinski definition) is 2. The summed E-state index contributed by atoms with van der Waals surface area (Å²) < 4.78 is 0. The van der Waals surface area contributed by atoms with E-state index in [4.69, 9.17) is 19.9 Å². The predicted octanol–water partition coefficient (Wildman–Crippen LogP) is -0.249. The van der Waals surface area contributed by atoms with Gasteiger partial charge in [0.25, 0.3) is 0 Å². The summed E-state index contributed by atoms with van der Waals surface area (Å²) in [5.74, 6) is 0.255. The third-order valence-electron chi connectivity index (χ3n) is 1.23. The van der Waals surface area contributed by atoms with Crippen molar-refractivity contribution < 1.29 is 24.7 Å². The van der Waals surface area contributed by atoms with Crippen LogP contribution >= 0.6 is 0 Å². The molecule has 0 amide bonds. The molecule has 0 saturated carbocycles. The van der Waals surface area contributed by atoms with Gasteiger partial charge in [-0.1, -0.05) is 12.2 Å². The fraction of sp³-hybridized carbons (Fsp3) is 0.889. The van der Waals surface area contributed by atoms with Crippen LogP contribution in [0.25, 0.3) is 0 Å². The Hall–Kier alpha value is -0.530. The number of hydrogen-bond acceptors (Lipinski definition) is 6. The van der Waals surface area contributed by atoms with Crippen LogP contribution in [-0.2, 0) is 14.5 Å². The van der Waals surface area contributed by atoms with E-state index in [1.54, 1.807) is 14.0 Å². The second-order valence-electron chi connectivity index (χ2n) is 2.61. The lowest BCUT2D eigenvalue weighted by molar-refractivity contribution is -0.356. The first kappa shape index (κ1) is 16.9. The first-order valence-electron chi connectivity index (χ1n) is 4.79. The Morgan fingerprint density at radius 1 is 1.20 bits per heavy atom. The normalized spacial score (nSPS) is 9.73. The Bertz CT molecular complexity index is 134. The second-order valence-corrected chi connectivity index (χ2v) is 2.61. The molecule has 0 unspecified atom stereocenters. The van der Waals surface area contributed by atoms with Crippen LogP contribution in [-0.4, -0.2) is 54.7 Å². The number of ketones is 1. The molecular formula is C9H21NO5. The molecule has 6 nitrogen and oxygen atoms in total. The summed E-state index contributed by atoms with van der Waals surface area (Å²) in [6.45, 7) is 3.73. The van der Waals surface area contributed by atoms with Crippen LogP contribution in [0.15, 0.2) is 0 Å². The van der Waals surface area contributed by atoms with Gasteiger partial charge in [-0.25, -0.2) is 0 Å². The average molecular weight is 223 g/mol. The van der Waals surface area contributed by atoms with E-state index in [1.807, 2.05) is 6.92 Å². The van der Waals surface area contributed by atoms with E-state index in [-0.39, 0.29) is 32.2 Å². The highest BCUT2D eigenvalue weighted by Gasteiger charge is 1.95. The van der Waals surface area contributed by atoms with Crippen molar-refractivity contribution in [2.24, 2.45) is 0 Å². The fourth-order valence-electron chi connectivity index (χ4n) is 0.376. The largest absolute Gasteiger partial charge is 0.394 e. The van der Waals surface area contributed by atoms with E-state index in [1.165, 1.54) is 0 Å². The van der Waals surface area contributed by atoms with E-state index >= 15 is 0 Å². The fourth-order valence-corrected chi connectivity index (χ4v) is 0.376. The van der Waals surface area contributed by atoms with Crippen LogP contribution in [0.4, 0.5) is 0 Å². The van der Waals surface area contributed by atoms with Gasteiger partial charge in [-0.15, -0.1) is 0 Å². The van der Waals surface area contributed by atoms with Crippen molar-refractivity contribution in [3.8, 4) is 0 Å². The maximum absolute atomic E-state index is 9.81. The molecule has 0 bridgehead atoms. The Kier molecular flexibility index (Phi) is 15.2. The van der Waals surface area contributed by atoms with Crippen molar-refractivity contribution in [1.29, 1.82) is 0 Å². The number of carbonyl (C=O) groups is 1. The molecule has 6 heteroatoms. The third-order valence-corrected chi connectivity index (χ3v) is 1.23. The minimum Gasteiger partial charge on any atom is -0.394 e. The van der Waals surface area contributed by atoms with Crippen molar-refractivity contribution >= 4 is 5.78 Å². The average Bonchev–Trinajstić information content (AvgIpc) is 2.24. The van der Waals surface area contributed by atoms with Gasteiger partial charge in [0, 0.05) is 13.5 Å². The number of nitrogens with zero attached hydrogens (tertiary/aromatic N) is 1. The van der Waals surface area contributed by atoms with Gasteiger partial charge in [-0.2, -0.15) is 0 Å². The zero-order chi connectivity index (χ0) is 12.1. The Morgan fingerprint density at radius 3 is 1.73 bits per heavy atom. The van der Waals surface area contributed by atoms with E-state index in [2.05, 4.69) is 0 Å². The highest BCUT2D eigenvalue weighted by Crippen LogP contribution is 1.85. The zero-order valence-electron chi connectivity index (χ0n) is 9.60. The van der Waals surface area contributed by atoms with Crippen molar-refractivity contribution in [1.82, 2.24) is 5.23 Å². The molecule has 0 radical (unpaired) electrons. The van der Waals surface area contributed by atoms with Crippen LogP contribution in [0.1, 0.15) is 20.3 Å². The van der Waals surface area contributed by atoms with Gasteiger partial charge in [0.2, 0.25) is 0 Å². The summed E-state index contributed by atoms with van der Waals surface area (Å²) in [6, 6.07) is 0. The lowest BCUT2D eigenvalue weighted by Crippen LogP contribution is -2.22. The molecule has 0 spiro atoms. The number of hydroxylamine groups is 2. The number of aliphatic hydroxyl groups excluding tert-OH is 2. The lowest BCUT2D eigenvalue weighted by Gasteiger charge is -2.13. The Labute approximate surface area is 90.3 Å². The first-order chi connectivity index (χ1) is 7.08. The van der Waals surface area contributed by atoms with Gasteiger partial charge in [-0.05, 0) is 6.92 Å². The van der Waals surface area contributed by atoms with E-state index in [9.17, 15) is 4.79 Å². The number of carbonyl (C=O) groups excluding carboxylic acids is 1. The molecule has 0 heterocycles. The van der Waals surface area contributed by atoms with E-state index in [0.717, 1.165) is 5.23 Å². The second kappa shape index (κ2) is 13.5. The van der Waals surface area contributed by atoms with Gasteiger partial charge in [0.1, 0.15) is 5.78 Å². The zero-order valence-corrected chi connectivity index (χ0v) is 9.60. The molecule has 0 rings (SSSR count). The topological polar surface area (TPSA) is 79.2 Å². The summed E-state index contributed by atoms with van der Waals surface area (Å²) in [4.78, 5) is 19.3. The highest BCUT2D eigenvalue weighted by molar-refractivity contribution is 5.74. The van der Waals surface area contributed by atoms with Crippen molar-refractivity contribution in [3.63, 3.8) is 0 Å². The van der Waals surface area contributed by atoms with Crippen LogP contribution < -0.4 is 0 Å². The van der Waals surface area contributed by atoms with Gasteiger partial charge < -0.3 is 15.0 Å². The Morgan fingerprint density at radius 2 is 1.53 bits per heavy atom. The molecule has 0 aromatic heterocycles. The SMILES string of the molecule is CCC(C)=O.CN(OCCO)OCCO. The minimum absolute atomic E-state index is 0.0488. The summed E-state index contributed by atoms with van der Waals surface area (Å²) in [5, 5.41) is 17.7. The number of Topliss-reactive ketones (excluding diaryl/α,β-unsaturated/α-hetero) is 1. The van der Waals surface area contributed by atoms with Gasteiger partial charge in [-0.3, -0.25) is 9.68 Å². The smallest absolute Gasteiger partial charge is 0.129 e. The van der Waals surface area contributed by atoms with Gasteiger partial charge >= 0.3 is 0 Å². The number of rotatable bonds is 7. The van der Waals surface area contributed by atoms with E-state index < -0.39 is 0 Å². The summed E-state index contributed by atoms with van der Waals surface area (Å²) >= 11 is 0. The number of aliphatic hydroxyl groups is 2. The molecule has 0 aliphatic carbocycles. The standard InChI is InChI=1S/C5H13NO4.C4H8O/c1-6(9-4-2-7)10-5-3-8;1-3-4(2)5/h7-8H,2-5H2,1H3;3H2,1-2H3. The van der Waals surface area contributed by atoms with Crippen molar-refractivity contribution in [2.75, 3.05) is 33.5 Å². The maximum Gasteiger partial charge on any atom is 0.129 e. The molecule has 0 aromatic rings.